The Labute approximate surface area is 102 Å². The Balaban J connectivity index is 1.75. The Morgan fingerprint density at radius 1 is 1.18 bits per heavy atom. The molecule has 5 heteroatoms. The van der Waals surface area contributed by atoms with Gasteiger partial charge in [-0.25, -0.2) is 0 Å². The molecule has 3 atom stereocenters. The summed E-state index contributed by atoms with van der Waals surface area (Å²) < 4.78 is 0. The van der Waals surface area contributed by atoms with Crippen molar-refractivity contribution in [2.75, 3.05) is 32.7 Å². The van der Waals surface area contributed by atoms with Gasteiger partial charge in [-0.3, -0.25) is 14.6 Å². The molecule has 3 rings (SSSR count). The molecule has 3 aliphatic rings. The number of fused-ring (bicyclic) bond motifs is 1. The molecule has 3 saturated heterocycles. The van der Waals surface area contributed by atoms with E-state index in [1.54, 1.807) is 0 Å². The van der Waals surface area contributed by atoms with Crippen LogP contribution in [0.1, 0.15) is 19.3 Å². The number of carbonyl (C=O) groups excluding carboxylic acids is 1. The van der Waals surface area contributed by atoms with Crippen LogP contribution in [0.5, 0.6) is 0 Å². The van der Waals surface area contributed by atoms with Gasteiger partial charge in [-0.1, -0.05) is 0 Å². The molecule has 0 aromatic heterocycles. The number of primary amides is 1. The largest absolute Gasteiger partial charge is 0.368 e. The monoisotopic (exact) mass is 238 g/mol. The fraction of sp³-hybridized carbons (Fsp3) is 0.917. The smallest absolute Gasteiger partial charge is 0.236 e. The van der Waals surface area contributed by atoms with Crippen LogP contribution in [0.4, 0.5) is 0 Å². The van der Waals surface area contributed by atoms with E-state index in [-0.39, 0.29) is 11.9 Å². The molecule has 3 unspecified atom stereocenters. The van der Waals surface area contributed by atoms with Crippen molar-refractivity contribution in [3.63, 3.8) is 0 Å². The lowest BCUT2D eigenvalue weighted by molar-refractivity contribution is -0.125. The van der Waals surface area contributed by atoms with Crippen molar-refractivity contribution in [2.24, 2.45) is 5.73 Å². The van der Waals surface area contributed by atoms with Gasteiger partial charge in [-0.2, -0.15) is 0 Å². The van der Waals surface area contributed by atoms with Crippen molar-refractivity contribution >= 4 is 5.91 Å². The number of piperazine rings is 1. The van der Waals surface area contributed by atoms with E-state index in [2.05, 4.69) is 15.1 Å². The Bertz CT molecular complexity index is 309. The summed E-state index contributed by atoms with van der Waals surface area (Å²) in [6.45, 7) is 5.10. The second-order valence-corrected chi connectivity index (χ2v) is 5.46. The minimum absolute atomic E-state index is 0.103. The standard InChI is InChI=1S/C12H22N4O/c13-12(17)11-8-14-4-7-16(11)10-3-6-15-5-1-2-9(10)15/h9-11,14H,1-8H2,(H2,13,17). The summed E-state index contributed by atoms with van der Waals surface area (Å²) in [5.41, 5.74) is 5.53. The summed E-state index contributed by atoms with van der Waals surface area (Å²) in [6.07, 6.45) is 3.81. The molecule has 0 saturated carbocycles. The number of carbonyl (C=O) groups is 1. The molecule has 3 N–H and O–H groups in total. The summed E-state index contributed by atoms with van der Waals surface area (Å²) >= 11 is 0. The second kappa shape index (κ2) is 4.55. The molecule has 96 valence electrons. The van der Waals surface area contributed by atoms with Crippen LogP contribution in [0.2, 0.25) is 0 Å². The van der Waals surface area contributed by atoms with Crippen LogP contribution in [0.15, 0.2) is 0 Å². The van der Waals surface area contributed by atoms with E-state index in [0.29, 0.717) is 12.1 Å². The van der Waals surface area contributed by atoms with E-state index < -0.39 is 0 Å². The summed E-state index contributed by atoms with van der Waals surface area (Å²) in [5, 5.41) is 3.27. The van der Waals surface area contributed by atoms with Gasteiger partial charge in [-0.15, -0.1) is 0 Å². The predicted molar refractivity (Wildman–Crippen MR) is 65.6 cm³/mol. The second-order valence-electron chi connectivity index (χ2n) is 5.46. The number of amides is 1. The topological polar surface area (TPSA) is 61.6 Å². The Hall–Kier alpha value is -0.650. The minimum atomic E-state index is -0.173. The number of rotatable bonds is 2. The number of hydrogen-bond donors (Lipinski definition) is 2. The van der Waals surface area contributed by atoms with Crippen LogP contribution in [-0.4, -0.2) is 66.6 Å². The first-order valence-electron chi connectivity index (χ1n) is 6.77. The third-order valence-electron chi connectivity index (χ3n) is 4.61. The van der Waals surface area contributed by atoms with Crippen molar-refractivity contribution in [1.82, 2.24) is 15.1 Å². The van der Waals surface area contributed by atoms with E-state index in [9.17, 15) is 4.79 Å². The molecule has 0 aromatic carbocycles. The quantitative estimate of drug-likeness (QED) is 0.646. The molecule has 0 bridgehead atoms. The van der Waals surface area contributed by atoms with Crippen LogP contribution >= 0.6 is 0 Å². The van der Waals surface area contributed by atoms with Gasteiger partial charge in [-0.05, 0) is 25.8 Å². The van der Waals surface area contributed by atoms with Crippen molar-refractivity contribution < 1.29 is 4.79 Å². The van der Waals surface area contributed by atoms with Gasteiger partial charge in [0.05, 0.1) is 0 Å². The molecular weight excluding hydrogens is 216 g/mol. The van der Waals surface area contributed by atoms with Gasteiger partial charge in [0.1, 0.15) is 6.04 Å². The molecule has 0 aromatic rings. The zero-order valence-electron chi connectivity index (χ0n) is 10.3. The lowest BCUT2D eigenvalue weighted by atomic mass is 10.0. The van der Waals surface area contributed by atoms with E-state index in [4.69, 9.17) is 5.73 Å². The van der Waals surface area contributed by atoms with Gasteiger partial charge in [0.2, 0.25) is 5.91 Å². The highest BCUT2D eigenvalue weighted by Gasteiger charge is 2.43. The summed E-state index contributed by atoms with van der Waals surface area (Å²) in [7, 11) is 0. The minimum Gasteiger partial charge on any atom is -0.368 e. The molecule has 0 aliphatic carbocycles. The van der Waals surface area contributed by atoms with Gasteiger partial charge in [0, 0.05) is 38.3 Å². The molecule has 3 fully saturated rings. The third-order valence-corrected chi connectivity index (χ3v) is 4.61. The molecule has 0 spiro atoms. The average Bonchev–Trinajstić information content (AvgIpc) is 2.90. The fourth-order valence-electron chi connectivity index (χ4n) is 3.82. The first kappa shape index (κ1) is 11.4. The zero-order valence-corrected chi connectivity index (χ0v) is 10.3. The summed E-state index contributed by atoms with van der Waals surface area (Å²) in [4.78, 5) is 16.5. The highest BCUT2D eigenvalue weighted by molar-refractivity contribution is 5.80. The van der Waals surface area contributed by atoms with E-state index in [1.807, 2.05) is 0 Å². The maximum Gasteiger partial charge on any atom is 0.236 e. The van der Waals surface area contributed by atoms with E-state index in [0.717, 1.165) is 19.6 Å². The molecular formula is C12H22N4O. The van der Waals surface area contributed by atoms with Gasteiger partial charge >= 0.3 is 0 Å². The Morgan fingerprint density at radius 3 is 2.88 bits per heavy atom. The summed E-state index contributed by atoms with van der Waals surface area (Å²) in [6, 6.07) is 1.13. The maximum atomic E-state index is 11.5. The number of hydrogen-bond acceptors (Lipinski definition) is 4. The van der Waals surface area contributed by atoms with Crippen LogP contribution in [-0.2, 0) is 4.79 Å². The fourth-order valence-corrected chi connectivity index (χ4v) is 3.82. The van der Waals surface area contributed by atoms with Crippen LogP contribution in [0, 0.1) is 0 Å². The van der Waals surface area contributed by atoms with Crippen molar-refractivity contribution in [1.29, 1.82) is 0 Å². The van der Waals surface area contributed by atoms with Crippen LogP contribution < -0.4 is 11.1 Å². The number of nitrogens with zero attached hydrogens (tertiary/aromatic N) is 2. The highest BCUT2D eigenvalue weighted by Crippen LogP contribution is 2.32. The Kier molecular flexibility index (Phi) is 3.06. The lowest BCUT2D eigenvalue weighted by Crippen LogP contribution is -2.61. The van der Waals surface area contributed by atoms with Gasteiger partial charge < -0.3 is 11.1 Å². The van der Waals surface area contributed by atoms with E-state index in [1.165, 1.54) is 32.4 Å². The predicted octanol–water partition coefficient (Wildman–Crippen LogP) is -1.02. The number of nitrogens with two attached hydrogens (primary N) is 1. The van der Waals surface area contributed by atoms with Gasteiger partial charge in [0.25, 0.3) is 0 Å². The van der Waals surface area contributed by atoms with E-state index >= 15 is 0 Å². The number of nitrogens with one attached hydrogen (secondary N) is 1. The first-order valence-corrected chi connectivity index (χ1v) is 6.77. The molecule has 3 heterocycles. The summed E-state index contributed by atoms with van der Waals surface area (Å²) in [5.74, 6) is -0.173. The van der Waals surface area contributed by atoms with Crippen LogP contribution in [0.25, 0.3) is 0 Å². The molecule has 5 nitrogen and oxygen atoms in total. The molecule has 0 radical (unpaired) electrons. The zero-order chi connectivity index (χ0) is 11.8. The van der Waals surface area contributed by atoms with Crippen molar-refractivity contribution in [3.8, 4) is 0 Å². The molecule has 3 aliphatic heterocycles. The Morgan fingerprint density at radius 2 is 2.06 bits per heavy atom. The SMILES string of the molecule is NC(=O)C1CNCCN1C1CCN2CCCC12. The first-order chi connectivity index (χ1) is 8.27. The van der Waals surface area contributed by atoms with Gasteiger partial charge in [0.15, 0.2) is 0 Å². The maximum absolute atomic E-state index is 11.5. The molecule has 17 heavy (non-hydrogen) atoms. The lowest BCUT2D eigenvalue weighted by Gasteiger charge is -2.40. The normalized spacial score (nSPS) is 39.4. The average molecular weight is 238 g/mol. The van der Waals surface area contributed by atoms with Crippen LogP contribution in [0.3, 0.4) is 0 Å². The van der Waals surface area contributed by atoms with Crippen molar-refractivity contribution in [3.05, 3.63) is 0 Å². The third kappa shape index (κ3) is 1.96. The van der Waals surface area contributed by atoms with Crippen molar-refractivity contribution in [2.45, 2.75) is 37.4 Å². The molecule has 1 amide bonds. The highest BCUT2D eigenvalue weighted by atomic mass is 16.1.